The van der Waals surface area contributed by atoms with Crippen LogP contribution in [0.4, 0.5) is 11.4 Å². The molecule has 1 heterocycles. The number of anilines is 2. The van der Waals surface area contributed by atoms with Crippen LogP contribution in [0.5, 0.6) is 0 Å². The molecule has 0 radical (unpaired) electrons. The van der Waals surface area contributed by atoms with Gasteiger partial charge in [0.25, 0.3) is 0 Å². The standard InChI is InChI=1S/C15H17N3O2/c1-20-15(19)13-10-11(16)5-6-14(13)18-9-7-12-4-2-3-8-17-12/h2-6,8,10,18H,7,9,16H2,1H3. The van der Waals surface area contributed by atoms with Gasteiger partial charge in [0.2, 0.25) is 0 Å². The van der Waals surface area contributed by atoms with E-state index < -0.39 is 5.97 Å². The lowest BCUT2D eigenvalue weighted by molar-refractivity contribution is 0.0602. The third-order valence-corrected chi connectivity index (χ3v) is 2.87. The van der Waals surface area contributed by atoms with Gasteiger partial charge in [0.1, 0.15) is 0 Å². The van der Waals surface area contributed by atoms with E-state index in [4.69, 9.17) is 10.5 Å². The molecule has 20 heavy (non-hydrogen) atoms. The molecule has 0 aliphatic rings. The van der Waals surface area contributed by atoms with Crippen LogP contribution in [0.3, 0.4) is 0 Å². The molecule has 5 heteroatoms. The molecule has 2 aromatic rings. The van der Waals surface area contributed by atoms with E-state index in [0.717, 1.165) is 12.1 Å². The summed E-state index contributed by atoms with van der Waals surface area (Å²) in [5.74, 6) is -0.405. The smallest absolute Gasteiger partial charge is 0.340 e. The van der Waals surface area contributed by atoms with E-state index in [1.165, 1.54) is 7.11 Å². The number of hydrogen-bond donors (Lipinski definition) is 2. The van der Waals surface area contributed by atoms with Crippen LogP contribution in [0.1, 0.15) is 16.1 Å². The average molecular weight is 271 g/mol. The Morgan fingerprint density at radius 2 is 2.20 bits per heavy atom. The number of nitrogens with two attached hydrogens (primary N) is 1. The molecule has 0 unspecified atom stereocenters. The summed E-state index contributed by atoms with van der Waals surface area (Å²) in [5, 5.41) is 3.21. The number of ether oxygens (including phenoxy) is 1. The normalized spacial score (nSPS) is 10.1. The first-order chi connectivity index (χ1) is 9.70. The number of nitrogens with one attached hydrogen (secondary N) is 1. The number of methoxy groups -OCH3 is 1. The molecule has 0 atom stereocenters. The molecule has 0 aliphatic carbocycles. The summed E-state index contributed by atoms with van der Waals surface area (Å²) in [6.07, 6.45) is 2.53. The number of hydrogen-bond acceptors (Lipinski definition) is 5. The third-order valence-electron chi connectivity index (χ3n) is 2.87. The van der Waals surface area contributed by atoms with Crippen LogP contribution in [-0.2, 0) is 11.2 Å². The molecule has 104 valence electrons. The summed E-state index contributed by atoms with van der Waals surface area (Å²) >= 11 is 0. The van der Waals surface area contributed by atoms with Gasteiger partial charge in [-0.05, 0) is 30.3 Å². The number of benzene rings is 1. The fraction of sp³-hybridized carbons (Fsp3) is 0.200. The van der Waals surface area contributed by atoms with Crippen LogP contribution in [0, 0.1) is 0 Å². The predicted octanol–water partition coefficient (Wildman–Crippen LogP) is 2.10. The molecule has 0 saturated heterocycles. The van der Waals surface area contributed by atoms with Crippen molar-refractivity contribution in [3.63, 3.8) is 0 Å². The zero-order valence-electron chi connectivity index (χ0n) is 11.3. The predicted molar refractivity (Wildman–Crippen MR) is 78.6 cm³/mol. The number of carbonyl (C=O) groups is 1. The van der Waals surface area contributed by atoms with Crippen LogP contribution < -0.4 is 11.1 Å². The Morgan fingerprint density at radius 1 is 1.35 bits per heavy atom. The maximum absolute atomic E-state index is 11.7. The van der Waals surface area contributed by atoms with Gasteiger partial charge in [-0.1, -0.05) is 6.07 Å². The van der Waals surface area contributed by atoms with Gasteiger partial charge in [-0.3, -0.25) is 4.98 Å². The molecular formula is C15H17N3O2. The zero-order valence-corrected chi connectivity index (χ0v) is 11.3. The third kappa shape index (κ3) is 3.47. The maximum Gasteiger partial charge on any atom is 0.340 e. The van der Waals surface area contributed by atoms with Crippen LogP contribution in [0.25, 0.3) is 0 Å². The fourth-order valence-electron chi connectivity index (χ4n) is 1.87. The second kappa shape index (κ2) is 6.56. The molecule has 0 fully saturated rings. The summed E-state index contributed by atoms with van der Waals surface area (Å²) in [5.41, 5.74) is 8.37. The van der Waals surface area contributed by atoms with Gasteiger partial charge in [-0.25, -0.2) is 4.79 Å². The van der Waals surface area contributed by atoms with E-state index in [0.29, 0.717) is 23.5 Å². The first-order valence-corrected chi connectivity index (χ1v) is 6.32. The number of rotatable bonds is 5. The van der Waals surface area contributed by atoms with Crippen molar-refractivity contribution in [1.29, 1.82) is 0 Å². The minimum absolute atomic E-state index is 0.405. The number of aromatic nitrogens is 1. The van der Waals surface area contributed by atoms with Crippen molar-refractivity contribution in [2.24, 2.45) is 0 Å². The van der Waals surface area contributed by atoms with Crippen molar-refractivity contribution in [3.05, 3.63) is 53.9 Å². The molecule has 3 N–H and O–H groups in total. The van der Waals surface area contributed by atoms with E-state index in [1.54, 1.807) is 24.4 Å². The van der Waals surface area contributed by atoms with Crippen molar-refractivity contribution in [2.75, 3.05) is 24.7 Å². The summed E-state index contributed by atoms with van der Waals surface area (Å²) in [7, 11) is 1.35. The van der Waals surface area contributed by atoms with E-state index >= 15 is 0 Å². The van der Waals surface area contributed by atoms with E-state index in [-0.39, 0.29) is 0 Å². The highest BCUT2D eigenvalue weighted by atomic mass is 16.5. The summed E-state index contributed by atoms with van der Waals surface area (Å²) in [4.78, 5) is 15.9. The Hall–Kier alpha value is -2.56. The van der Waals surface area contributed by atoms with Crippen LogP contribution in [0.15, 0.2) is 42.6 Å². The minimum atomic E-state index is -0.405. The number of nitrogen functional groups attached to an aromatic ring is 1. The molecule has 0 saturated carbocycles. The Kier molecular flexibility index (Phi) is 4.55. The number of nitrogens with zero attached hydrogens (tertiary/aromatic N) is 1. The number of esters is 1. The van der Waals surface area contributed by atoms with Crippen LogP contribution in [0.2, 0.25) is 0 Å². The van der Waals surface area contributed by atoms with E-state index in [9.17, 15) is 4.79 Å². The van der Waals surface area contributed by atoms with E-state index in [2.05, 4.69) is 10.3 Å². The lowest BCUT2D eigenvalue weighted by Gasteiger charge is -2.11. The number of carbonyl (C=O) groups excluding carboxylic acids is 1. The molecular weight excluding hydrogens is 254 g/mol. The van der Waals surface area contributed by atoms with Crippen molar-refractivity contribution in [2.45, 2.75) is 6.42 Å². The SMILES string of the molecule is COC(=O)c1cc(N)ccc1NCCc1ccccn1. The van der Waals surface area contributed by atoms with Crippen molar-refractivity contribution < 1.29 is 9.53 Å². The van der Waals surface area contributed by atoms with Gasteiger partial charge in [0.15, 0.2) is 0 Å². The number of pyridine rings is 1. The summed E-state index contributed by atoms with van der Waals surface area (Å²) in [6, 6.07) is 10.9. The lowest BCUT2D eigenvalue weighted by Crippen LogP contribution is -2.11. The molecule has 1 aromatic heterocycles. The largest absolute Gasteiger partial charge is 0.465 e. The Labute approximate surface area is 117 Å². The first-order valence-electron chi connectivity index (χ1n) is 6.32. The van der Waals surface area contributed by atoms with E-state index in [1.807, 2.05) is 18.2 Å². The van der Waals surface area contributed by atoms with Crippen molar-refractivity contribution in [1.82, 2.24) is 4.98 Å². The highest BCUT2D eigenvalue weighted by Crippen LogP contribution is 2.19. The molecule has 5 nitrogen and oxygen atoms in total. The topological polar surface area (TPSA) is 77.2 Å². The van der Waals surface area contributed by atoms with Gasteiger partial charge < -0.3 is 15.8 Å². The Morgan fingerprint density at radius 3 is 2.90 bits per heavy atom. The zero-order chi connectivity index (χ0) is 14.4. The molecule has 0 spiro atoms. The Bertz CT molecular complexity index is 585. The van der Waals surface area contributed by atoms with Gasteiger partial charge in [-0.2, -0.15) is 0 Å². The molecule has 2 rings (SSSR count). The van der Waals surface area contributed by atoms with Gasteiger partial charge in [0, 0.05) is 36.2 Å². The fourth-order valence-corrected chi connectivity index (χ4v) is 1.87. The minimum Gasteiger partial charge on any atom is -0.465 e. The quantitative estimate of drug-likeness (QED) is 0.643. The highest BCUT2D eigenvalue weighted by molar-refractivity contribution is 5.96. The molecule has 0 aliphatic heterocycles. The monoisotopic (exact) mass is 271 g/mol. The maximum atomic E-state index is 11.7. The van der Waals surface area contributed by atoms with Crippen molar-refractivity contribution in [3.8, 4) is 0 Å². The van der Waals surface area contributed by atoms with Gasteiger partial charge >= 0.3 is 5.97 Å². The lowest BCUT2D eigenvalue weighted by atomic mass is 10.1. The summed E-state index contributed by atoms with van der Waals surface area (Å²) < 4.78 is 4.75. The van der Waals surface area contributed by atoms with Gasteiger partial charge in [0.05, 0.1) is 12.7 Å². The summed E-state index contributed by atoms with van der Waals surface area (Å²) in [6.45, 7) is 0.672. The molecule has 1 aromatic carbocycles. The van der Waals surface area contributed by atoms with Crippen molar-refractivity contribution >= 4 is 17.3 Å². The molecule has 0 amide bonds. The average Bonchev–Trinajstić information content (AvgIpc) is 2.49. The highest BCUT2D eigenvalue weighted by Gasteiger charge is 2.11. The van der Waals surface area contributed by atoms with Crippen LogP contribution in [-0.4, -0.2) is 24.6 Å². The Balaban J connectivity index is 2.04. The second-order valence-corrected chi connectivity index (χ2v) is 4.29. The second-order valence-electron chi connectivity index (χ2n) is 4.29. The van der Waals surface area contributed by atoms with Gasteiger partial charge in [-0.15, -0.1) is 0 Å². The van der Waals surface area contributed by atoms with Crippen LogP contribution >= 0.6 is 0 Å². The first kappa shape index (κ1) is 13.9. The molecule has 0 bridgehead atoms.